The maximum absolute atomic E-state index is 13.7. The summed E-state index contributed by atoms with van der Waals surface area (Å²) in [6.07, 6.45) is -11.2. The second-order valence-electron chi connectivity index (χ2n) is 10.8. The van der Waals surface area contributed by atoms with Crippen molar-refractivity contribution < 1.29 is 41.0 Å². The van der Waals surface area contributed by atoms with E-state index < -0.39 is 47.8 Å². The number of hydrogen-bond donors (Lipinski definition) is 1. The summed E-state index contributed by atoms with van der Waals surface area (Å²) in [7, 11) is 0. The molecule has 2 heterocycles. The molecule has 0 saturated heterocycles. The van der Waals surface area contributed by atoms with Crippen molar-refractivity contribution in [3.8, 4) is 0 Å². The van der Waals surface area contributed by atoms with Crippen molar-refractivity contribution in [3.63, 3.8) is 0 Å². The van der Waals surface area contributed by atoms with E-state index in [-0.39, 0.29) is 22.8 Å². The number of alkyl halides is 6. The van der Waals surface area contributed by atoms with E-state index in [0.717, 1.165) is 10.6 Å². The summed E-state index contributed by atoms with van der Waals surface area (Å²) in [6, 6.07) is 11.3. The fourth-order valence-corrected chi connectivity index (χ4v) is 4.98. The minimum atomic E-state index is -6.07. The highest BCUT2D eigenvalue weighted by molar-refractivity contribution is 6.31. The number of hydrazone groups is 1. The molecule has 4 rings (SSSR count). The Bertz CT molecular complexity index is 1350. The summed E-state index contributed by atoms with van der Waals surface area (Å²) in [4.78, 5) is 13.9. The molecule has 0 fully saturated rings. The molecule has 2 aromatic carbocycles. The van der Waals surface area contributed by atoms with Crippen LogP contribution in [0.2, 0.25) is 5.02 Å². The fraction of sp³-hybridized carbons (Fsp3) is 0.429. The Hall–Kier alpha value is -3.25. The molecule has 41 heavy (non-hydrogen) atoms. The first kappa shape index (κ1) is 30.7. The van der Waals surface area contributed by atoms with Crippen LogP contribution in [0.15, 0.2) is 59.7 Å². The van der Waals surface area contributed by atoms with E-state index in [0.29, 0.717) is 18.5 Å². The first-order chi connectivity index (χ1) is 18.9. The Morgan fingerprint density at radius 2 is 1.68 bits per heavy atom. The van der Waals surface area contributed by atoms with Gasteiger partial charge >= 0.3 is 18.4 Å². The largest absolute Gasteiger partial charge is 0.444 e. The molecule has 0 aliphatic carbocycles. The quantitative estimate of drug-likeness (QED) is 0.367. The Balaban J connectivity index is 1.71. The molecule has 222 valence electrons. The number of aliphatic hydroxyl groups is 1. The van der Waals surface area contributed by atoms with Gasteiger partial charge in [-0.2, -0.15) is 31.4 Å². The van der Waals surface area contributed by atoms with Crippen LogP contribution in [-0.2, 0) is 4.74 Å². The minimum Gasteiger partial charge on any atom is -0.444 e. The van der Waals surface area contributed by atoms with E-state index in [4.69, 9.17) is 16.3 Å². The molecule has 0 spiro atoms. The second-order valence-corrected chi connectivity index (χ2v) is 11.2. The summed E-state index contributed by atoms with van der Waals surface area (Å²) >= 11 is 6.30. The van der Waals surface area contributed by atoms with Gasteiger partial charge in [0, 0.05) is 24.5 Å². The van der Waals surface area contributed by atoms with E-state index in [1.165, 1.54) is 23.1 Å². The van der Waals surface area contributed by atoms with Crippen molar-refractivity contribution in [3.05, 3.63) is 70.8 Å². The van der Waals surface area contributed by atoms with Crippen molar-refractivity contribution in [1.82, 2.24) is 4.90 Å². The average Bonchev–Trinajstić information content (AvgIpc) is 3.32. The number of rotatable bonds is 4. The summed E-state index contributed by atoms with van der Waals surface area (Å²) in [5.74, 6) is 0. The van der Waals surface area contributed by atoms with Crippen LogP contribution in [0.3, 0.4) is 0 Å². The van der Waals surface area contributed by atoms with Crippen LogP contribution in [-0.4, -0.2) is 58.5 Å². The van der Waals surface area contributed by atoms with Gasteiger partial charge in [0.25, 0.3) is 5.60 Å². The van der Waals surface area contributed by atoms with E-state index in [9.17, 15) is 36.2 Å². The van der Waals surface area contributed by atoms with Crippen molar-refractivity contribution in [1.29, 1.82) is 0 Å². The Labute approximate surface area is 237 Å². The number of anilines is 1. The molecular weight excluding hydrogens is 576 g/mol. The highest BCUT2D eigenvalue weighted by atomic mass is 35.5. The van der Waals surface area contributed by atoms with Crippen LogP contribution in [0.25, 0.3) is 5.57 Å². The van der Waals surface area contributed by atoms with Crippen molar-refractivity contribution >= 4 is 34.7 Å². The number of amides is 1. The van der Waals surface area contributed by atoms with Gasteiger partial charge in [-0.1, -0.05) is 48.0 Å². The lowest BCUT2D eigenvalue weighted by Gasteiger charge is -2.32. The number of carbonyl (C=O) groups excluding carboxylic acids is 1. The summed E-state index contributed by atoms with van der Waals surface area (Å²) in [6.45, 7) is 5.88. The van der Waals surface area contributed by atoms with Crippen LogP contribution in [0.1, 0.15) is 50.8 Å². The lowest BCUT2D eigenvalue weighted by molar-refractivity contribution is -0.338. The second kappa shape index (κ2) is 10.9. The van der Waals surface area contributed by atoms with Crippen molar-refractivity contribution in [2.24, 2.45) is 5.10 Å². The standard InChI is InChI=1S/C28H28ClF6N3O3/c1-25(2,3)41-24(39)37-13-11-17(12-14-37)18-7-6-8-19(15-18)38-22(20-9-4-5-10-21(20)29)16-23(36-38)26(40,27(30,31)32)28(33,34)35/h4-11,15,22,40H,12-14,16H2,1-3H3. The number of nitrogens with zero attached hydrogens (tertiary/aromatic N) is 3. The molecule has 1 atom stereocenters. The Morgan fingerprint density at radius 1 is 1.02 bits per heavy atom. The SMILES string of the molecule is CC(C)(C)OC(=O)N1CC=C(c2cccc(N3N=C(C(O)(C(F)(F)F)C(F)(F)F)CC3c3ccccc3Cl)c2)CC1. The average molecular weight is 604 g/mol. The van der Waals surface area contributed by atoms with Crippen LogP contribution in [0, 0.1) is 0 Å². The number of carbonyl (C=O) groups is 1. The molecule has 1 amide bonds. The number of hydrogen-bond acceptors (Lipinski definition) is 5. The lowest BCUT2D eigenvalue weighted by atomic mass is 9.90. The van der Waals surface area contributed by atoms with Gasteiger partial charge in [0.2, 0.25) is 0 Å². The number of halogens is 7. The Kier molecular flexibility index (Phi) is 8.14. The van der Waals surface area contributed by atoms with Gasteiger partial charge in [-0.25, -0.2) is 4.79 Å². The third-order valence-corrected chi connectivity index (χ3v) is 7.10. The predicted octanol–water partition coefficient (Wildman–Crippen LogP) is 7.53. The topological polar surface area (TPSA) is 65.4 Å². The molecule has 0 bridgehead atoms. The third kappa shape index (κ3) is 6.18. The maximum Gasteiger partial charge on any atom is 0.431 e. The molecule has 2 aromatic rings. The van der Waals surface area contributed by atoms with E-state index in [1.54, 1.807) is 51.1 Å². The molecule has 6 nitrogen and oxygen atoms in total. The smallest absolute Gasteiger partial charge is 0.431 e. The van der Waals surface area contributed by atoms with Gasteiger partial charge < -0.3 is 14.7 Å². The molecule has 0 aromatic heterocycles. The minimum absolute atomic E-state index is 0.120. The zero-order chi connectivity index (χ0) is 30.4. The first-order valence-electron chi connectivity index (χ1n) is 12.7. The third-order valence-electron chi connectivity index (χ3n) is 6.76. The molecule has 2 aliphatic rings. The predicted molar refractivity (Wildman–Crippen MR) is 143 cm³/mol. The lowest BCUT2D eigenvalue weighted by Crippen LogP contribution is -2.62. The van der Waals surface area contributed by atoms with Crippen LogP contribution < -0.4 is 5.01 Å². The van der Waals surface area contributed by atoms with Crippen molar-refractivity contribution in [2.75, 3.05) is 18.1 Å². The summed E-state index contributed by atoms with van der Waals surface area (Å²) in [5.41, 5.74) is -5.38. The zero-order valence-corrected chi connectivity index (χ0v) is 23.1. The molecule has 0 saturated carbocycles. The van der Waals surface area contributed by atoms with Gasteiger partial charge in [-0.05, 0) is 62.1 Å². The van der Waals surface area contributed by atoms with E-state index in [1.807, 2.05) is 6.08 Å². The molecule has 1 unspecified atom stereocenters. The highest BCUT2D eigenvalue weighted by Crippen LogP contribution is 2.49. The molecule has 1 N–H and O–H groups in total. The van der Waals surface area contributed by atoms with Gasteiger partial charge in [-0.15, -0.1) is 0 Å². The first-order valence-corrected chi connectivity index (χ1v) is 13.0. The fourth-order valence-electron chi connectivity index (χ4n) is 4.71. The summed E-state index contributed by atoms with van der Waals surface area (Å²) < 4.78 is 87.8. The van der Waals surface area contributed by atoms with Gasteiger partial charge in [0.05, 0.1) is 17.4 Å². The zero-order valence-electron chi connectivity index (χ0n) is 22.4. The molecule has 13 heteroatoms. The van der Waals surface area contributed by atoms with Gasteiger partial charge in [-0.3, -0.25) is 5.01 Å². The summed E-state index contributed by atoms with van der Waals surface area (Å²) in [5, 5.41) is 15.0. The van der Waals surface area contributed by atoms with Gasteiger partial charge in [0.1, 0.15) is 5.60 Å². The van der Waals surface area contributed by atoms with E-state index in [2.05, 4.69) is 5.10 Å². The Morgan fingerprint density at radius 3 is 2.24 bits per heavy atom. The van der Waals surface area contributed by atoms with Crippen LogP contribution in [0.5, 0.6) is 0 Å². The number of ether oxygens (including phenoxy) is 1. The maximum atomic E-state index is 13.7. The van der Waals surface area contributed by atoms with E-state index >= 15 is 0 Å². The van der Waals surface area contributed by atoms with Crippen LogP contribution in [0.4, 0.5) is 36.8 Å². The highest BCUT2D eigenvalue weighted by Gasteiger charge is 2.74. The molecule has 0 radical (unpaired) electrons. The van der Waals surface area contributed by atoms with Crippen molar-refractivity contribution in [2.45, 2.75) is 63.2 Å². The monoisotopic (exact) mass is 603 g/mol. The normalized spacial score (nSPS) is 18.8. The molecule has 2 aliphatic heterocycles. The van der Waals surface area contributed by atoms with Crippen LogP contribution >= 0.6 is 11.6 Å². The number of benzene rings is 2. The van der Waals surface area contributed by atoms with Gasteiger partial charge in [0.15, 0.2) is 0 Å². The molecular formula is C28H28ClF6N3O3.